The molecule has 0 radical (unpaired) electrons. The third-order valence-corrected chi connectivity index (χ3v) is 4.80. The van der Waals surface area contributed by atoms with Crippen LogP contribution in [0.15, 0.2) is 48.5 Å². The summed E-state index contributed by atoms with van der Waals surface area (Å²) < 4.78 is 18.3. The summed E-state index contributed by atoms with van der Waals surface area (Å²) in [6.07, 6.45) is 1.24. The summed E-state index contributed by atoms with van der Waals surface area (Å²) in [5.74, 6) is -1.62. The fraction of sp³-hybridized carbons (Fsp3) is 0.286. The van der Waals surface area contributed by atoms with Gasteiger partial charge in [-0.15, -0.1) is 0 Å². The standard InChI is InChI=1S/C21H21FN2O4/c1-28-18(25)15-6-4-7-16(13-15)24-20(27)21(10-11-21)19(26)23-12-9-14-5-2-3-8-17(14)22/h2-8,13H,9-12H2,1H3,(H,23,26)(H,24,27). The zero-order valence-electron chi connectivity index (χ0n) is 15.5. The highest BCUT2D eigenvalue weighted by atomic mass is 19.1. The number of benzene rings is 2. The van der Waals surface area contributed by atoms with E-state index in [0.29, 0.717) is 36.1 Å². The molecule has 0 atom stereocenters. The molecule has 7 heteroatoms. The predicted molar refractivity (Wildman–Crippen MR) is 101 cm³/mol. The molecule has 1 aliphatic rings. The Bertz CT molecular complexity index is 909. The Morgan fingerprint density at radius 2 is 1.82 bits per heavy atom. The topological polar surface area (TPSA) is 84.5 Å². The summed E-state index contributed by atoms with van der Waals surface area (Å²) in [6.45, 7) is 0.243. The van der Waals surface area contributed by atoms with E-state index in [9.17, 15) is 18.8 Å². The smallest absolute Gasteiger partial charge is 0.337 e. The summed E-state index contributed by atoms with van der Waals surface area (Å²) in [7, 11) is 1.28. The van der Waals surface area contributed by atoms with Crippen molar-refractivity contribution in [1.82, 2.24) is 5.32 Å². The zero-order chi connectivity index (χ0) is 20.1. The first-order valence-corrected chi connectivity index (χ1v) is 8.98. The minimum Gasteiger partial charge on any atom is -0.465 e. The van der Waals surface area contributed by atoms with Gasteiger partial charge in [0.05, 0.1) is 12.7 Å². The third-order valence-electron chi connectivity index (χ3n) is 4.80. The summed E-state index contributed by atoms with van der Waals surface area (Å²) in [4.78, 5) is 36.7. The van der Waals surface area contributed by atoms with Gasteiger partial charge in [-0.05, 0) is 49.1 Å². The number of methoxy groups -OCH3 is 1. The molecule has 0 spiro atoms. The second-order valence-corrected chi connectivity index (χ2v) is 6.71. The summed E-state index contributed by atoms with van der Waals surface area (Å²) in [6, 6.07) is 12.7. The molecule has 0 heterocycles. The van der Waals surface area contributed by atoms with Crippen molar-refractivity contribution in [3.63, 3.8) is 0 Å². The SMILES string of the molecule is COC(=O)c1cccc(NC(=O)C2(C(=O)NCCc3ccccc3F)CC2)c1. The molecule has 1 saturated carbocycles. The Balaban J connectivity index is 1.58. The van der Waals surface area contributed by atoms with Gasteiger partial charge in [-0.25, -0.2) is 9.18 Å². The average Bonchev–Trinajstić information content (AvgIpc) is 3.51. The number of rotatable bonds is 7. The molecule has 0 aliphatic heterocycles. The monoisotopic (exact) mass is 384 g/mol. The van der Waals surface area contributed by atoms with Crippen molar-refractivity contribution < 1.29 is 23.5 Å². The van der Waals surface area contributed by atoms with Crippen LogP contribution in [0.4, 0.5) is 10.1 Å². The first-order chi connectivity index (χ1) is 13.5. The van der Waals surface area contributed by atoms with Crippen LogP contribution in [0.2, 0.25) is 0 Å². The lowest BCUT2D eigenvalue weighted by atomic mass is 10.0. The van der Waals surface area contributed by atoms with Gasteiger partial charge in [-0.1, -0.05) is 24.3 Å². The Morgan fingerprint density at radius 1 is 1.07 bits per heavy atom. The van der Waals surface area contributed by atoms with Crippen LogP contribution in [0.3, 0.4) is 0 Å². The summed E-state index contributed by atoms with van der Waals surface area (Å²) in [5.41, 5.74) is 0.116. The number of hydrogen-bond acceptors (Lipinski definition) is 4. The molecule has 146 valence electrons. The van der Waals surface area contributed by atoms with Gasteiger partial charge in [-0.2, -0.15) is 0 Å². The van der Waals surface area contributed by atoms with Crippen LogP contribution >= 0.6 is 0 Å². The molecule has 2 aromatic carbocycles. The normalized spacial score (nSPS) is 14.1. The summed E-state index contributed by atoms with van der Waals surface area (Å²) in [5, 5.41) is 5.42. The van der Waals surface area contributed by atoms with Crippen LogP contribution in [0.25, 0.3) is 0 Å². The van der Waals surface area contributed by atoms with Crippen molar-refractivity contribution in [2.75, 3.05) is 19.0 Å². The highest BCUT2D eigenvalue weighted by Crippen LogP contribution is 2.46. The van der Waals surface area contributed by atoms with Crippen molar-refractivity contribution in [2.24, 2.45) is 5.41 Å². The Kier molecular flexibility index (Phi) is 5.73. The van der Waals surface area contributed by atoms with E-state index >= 15 is 0 Å². The second kappa shape index (κ2) is 8.21. The number of nitrogens with one attached hydrogen (secondary N) is 2. The molecule has 0 unspecified atom stereocenters. The number of anilines is 1. The number of halogens is 1. The number of hydrogen-bond donors (Lipinski definition) is 2. The van der Waals surface area contributed by atoms with E-state index < -0.39 is 17.3 Å². The number of ether oxygens (including phenoxy) is 1. The molecular weight excluding hydrogens is 363 g/mol. The minimum atomic E-state index is -1.11. The molecule has 1 fully saturated rings. The Hall–Kier alpha value is -3.22. The van der Waals surface area contributed by atoms with Crippen LogP contribution in [-0.4, -0.2) is 31.4 Å². The number of amides is 2. The number of carbonyl (C=O) groups is 3. The molecule has 3 rings (SSSR count). The van der Waals surface area contributed by atoms with Crippen molar-refractivity contribution in [2.45, 2.75) is 19.3 Å². The lowest BCUT2D eigenvalue weighted by molar-refractivity contribution is -0.134. The lowest BCUT2D eigenvalue weighted by Gasteiger charge is -2.16. The van der Waals surface area contributed by atoms with Gasteiger partial charge >= 0.3 is 5.97 Å². The van der Waals surface area contributed by atoms with E-state index in [1.165, 1.54) is 19.2 Å². The molecule has 0 saturated heterocycles. The van der Waals surface area contributed by atoms with E-state index in [2.05, 4.69) is 15.4 Å². The summed E-state index contributed by atoms with van der Waals surface area (Å²) >= 11 is 0. The van der Waals surface area contributed by atoms with Crippen molar-refractivity contribution in [1.29, 1.82) is 0 Å². The Morgan fingerprint density at radius 3 is 2.50 bits per heavy atom. The van der Waals surface area contributed by atoms with Gasteiger partial charge in [0.2, 0.25) is 11.8 Å². The van der Waals surface area contributed by atoms with Crippen molar-refractivity contribution in [3.8, 4) is 0 Å². The maximum Gasteiger partial charge on any atom is 0.337 e. The highest BCUT2D eigenvalue weighted by molar-refractivity contribution is 6.13. The molecule has 2 N–H and O–H groups in total. The van der Waals surface area contributed by atoms with Gasteiger partial charge in [0.1, 0.15) is 11.2 Å². The second-order valence-electron chi connectivity index (χ2n) is 6.71. The first-order valence-electron chi connectivity index (χ1n) is 8.98. The predicted octanol–water partition coefficient (Wildman–Crippen LogP) is 2.69. The molecular formula is C21H21FN2O4. The average molecular weight is 384 g/mol. The van der Waals surface area contributed by atoms with Gasteiger partial charge in [0, 0.05) is 12.2 Å². The number of carbonyl (C=O) groups excluding carboxylic acids is 3. The number of esters is 1. The van der Waals surface area contributed by atoms with Crippen molar-refractivity contribution in [3.05, 3.63) is 65.5 Å². The molecule has 6 nitrogen and oxygen atoms in total. The van der Waals surface area contributed by atoms with Crippen LogP contribution in [0, 0.1) is 11.2 Å². The van der Waals surface area contributed by atoms with E-state index in [1.54, 1.807) is 36.4 Å². The van der Waals surface area contributed by atoms with E-state index in [1.807, 2.05) is 0 Å². The molecule has 1 aliphatic carbocycles. The van der Waals surface area contributed by atoms with Gasteiger partial charge in [0.15, 0.2) is 0 Å². The van der Waals surface area contributed by atoms with E-state index in [-0.39, 0.29) is 18.3 Å². The van der Waals surface area contributed by atoms with Crippen LogP contribution in [0.5, 0.6) is 0 Å². The maximum absolute atomic E-state index is 13.6. The minimum absolute atomic E-state index is 0.243. The quantitative estimate of drug-likeness (QED) is 0.568. The van der Waals surface area contributed by atoms with Crippen LogP contribution in [0.1, 0.15) is 28.8 Å². The van der Waals surface area contributed by atoms with Crippen LogP contribution < -0.4 is 10.6 Å². The molecule has 2 aromatic rings. The van der Waals surface area contributed by atoms with E-state index in [4.69, 9.17) is 0 Å². The maximum atomic E-state index is 13.6. The van der Waals surface area contributed by atoms with Gasteiger partial charge < -0.3 is 15.4 Å². The Labute approximate surface area is 162 Å². The largest absolute Gasteiger partial charge is 0.465 e. The third kappa shape index (κ3) is 4.19. The lowest BCUT2D eigenvalue weighted by Crippen LogP contribution is -2.40. The fourth-order valence-electron chi connectivity index (χ4n) is 2.96. The molecule has 0 aromatic heterocycles. The van der Waals surface area contributed by atoms with Gasteiger partial charge in [-0.3, -0.25) is 9.59 Å². The van der Waals surface area contributed by atoms with Gasteiger partial charge in [0.25, 0.3) is 0 Å². The first kappa shape index (κ1) is 19.5. The van der Waals surface area contributed by atoms with E-state index in [0.717, 1.165) is 0 Å². The molecule has 28 heavy (non-hydrogen) atoms. The fourth-order valence-corrected chi connectivity index (χ4v) is 2.96. The molecule has 0 bridgehead atoms. The van der Waals surface area contributed by atoms with Crippen LogP contribution in [-0.2, 0) is 20.7 Å². The van der Waals surface area contributed by atoms with Crippen molar-refractivity contribution >= 4 is 23.5 Å². The molecule has 2 amide bonds. The zero-order valence-corrected chi connectivity index (χ0v) is 15.5. The highest BCUT2D eigenvalue weighted by Gasteiger charge is 2.56.